The highest BCUT2D eigenvalue weighted by Crippen LogP contribution is 2.26. The summed E-state index contributed by atoms with van der Waals surface area (Å²) < 4.78 is 5.78. The predicted octanol–water partition coefficient (Wildman–Crippen LogP) is 5.00. The molecule has 0 saturated carbocycles. The molecule has 3 amide bonds. The van der Waals surface area contributed by atoms with Gasteiger partial charge in [-0.05, 0) is 36.8 Å². The zero-order chi connectivity index (χ0) is 19.7. The first kappa shape index (κ1) is 18.1. The molecule has 1 N–H and O–H groups in total. The first-order chi connectivity index (χ1) is 13.5. The number of rotatable bonds is 4. The zero-order valence-electron chi connectivity index (χ0n) is 15.1. The van der Waals surface area contributed by atoms with E-state index in [0.29, 0.717) is 16.5 Å². The van der Waals surface area contributed by atoms with Gasteiger partial charge in [0, 0.05) is 16.7 Å². The van der Waals surface area contributed by atoms with Crippen LogP contribution in [0.3, 0.4) is 0 Å². The molecule has 1 aromatic heterocycles. The Balaban J connectivity index is 1.53. The summed E-state index contributed by atoms with van der Waals surface area (Å²) in [6.45, 7) is 2.20. The Kier molecular flexibility index (Phi) is 4.75. The molecule has 28 heavy (non-hydrogen) atoms. The van der Waals surface area contributed by atoms with Crippen LogP contribution in [0.25, 0.3) is 17.4 Å². The van der Waals surface area contributed by atoms with Crippen molar-refractivity contribution >= 4 is 29.6 Å². The maximum atomic E-state index is 12.6. The minimum atomic E-state index is -0.446. The molecule has 1 saturated heterocycles. The van der Waals surface area contributed by atoms with Crippen molar-refractivity contribution in [1.82, 2.24) is 10.2 Å². The second-order valence-electron chi connectivity index (χ2n) is 6.58. The number of nitrogens with one attached hydrogen (secondary N) is 1. The van der Waals surface area contributed by atoms with Crippen molar-refractivity contribution in [2.24, 2.45) is 0 Å². The van der Waals surface area contributed by atoms with E-state index in [0.717, 1.165) is 16.7 Å². The molecule has 140 valence electrons. The third-order valence-corrected chi connectivity index (χ3v) is 4.68. The Hall–Kier alpha value is -3.31. The van der Waals surface area contributed by atoms with Crippen LogP contribution < -0.4 is 5.32 Å². The number of urea groups is 1. The summed E-state index contributed by atoms with van der Waals surface area (Å²) in [5, 5.41) is 3.22. The van der Waals surface area contributed by atoms with Gasteiger partial charge in [0.2, 0.25) is 0 Å². The number of amides is 3. The van der Waals surface area contributed by atoms with E-state index in [1.54, 1.807) is 24.3 Å². The highest BCUT2D eigenvalue weighted by molar-refractivity contribution is 6.30. The van der Waals surface area contributed by atoms with Gasteiger partial charge in [-0.25, -0.2) is 4.79 Å². The van der Waals surface area contributed by atoms with Crippen LogP contribution in [-0.2, 0) is 11.3 Å². The van der Waals surface area contributed by atoms with Crippen LogP contribution in [0.5, 0.6) is 0 Å². The number of furan rings is 1. The van der Waals surface area contributed by atoms with E-state index in [-0.39, 0.29) is 18.1 Å². The summed E-state index contributed by atoms with van der Waals surface area (Å²) in [5.41, 5.74) is 3.02. The van der Waals surface area contributed by atoms with Gasteiger partial charge in [-0.1, -0.05) is 53.6 Å². The summed E-state index contributed by atoms with van der Waals surface area (Å²) in [5.74, 6) is 0.713. The maximum Gasteiger partial charge on any atom is 0.329 e. The topological polar surface area (TPSA) is 62.6 Å². The lowest BCUT2D eigenvalue weighted by Gasteiger charge is -2.11. The lowest BCUT2D eigenvalue weighted by molar-refractivity contribution is -0.123. The van der Waals surface area contributed by atoms with Gasteiger partial charge in [-0.15, -0.1) is 0 Å². The molecular weight excluding hydrogens is 376 g/mol. The highest BCUT2D eigenvalue weighted by atomic mass is 35.5. The quantitative estimate of drug-likeness (QED) is 0.502. The standard InChI is InChI=1S/C22H17ClN2O3/c1-14-5-7-15(8-6-14)13-25-21(26)19(24-22(25)27)12-18-9-10-20(28-18)16-3-2-4-17(23)11-16/h2-12H,13H2,1H3,(H,24,27)/b19-12+. The molecule has 0 aliphatic carbocycles. The molecule has 3 aromatic rings. The van der Waals surface area contributed by atoms with Crippen molar-refractivity contribution in [2.75, 3.05) is 0 Å². The number of hydrogen-bond donors (Lipinski definition) is 1. The van der Waals surface area contributed by atoms with E-state index in [1.807, 2.05) is 43.3 Å². The number of carbonyl (C=O) groups excluding carboxylic acids is 2. The fraction of sp³-hybridized carbons (Fsp3) is 0.0909. The third-order valence-electron chi connectivity index (χ3n) is 4.45. The first-order valence-corrected chi connectivity index (χ1v) is 9.13. The first-order valence-electron chi connectivity index (χ1n) is 8.75. The number of halogens is 1. The Bertz CT molecular complexity index is 1080. The second-order valence-corrected chi connectivity index (χ2v) is 7.01. The summed E-state index contributed by atoms with van der Waals surface area (Å²) in [6, 6.07) is 18.1. The van der Waals surface area contributed by atoms with E-state index >= 15 is 0 Å². The summed E-state index contributed by atoms with van der Waals surface area (Å²) in [7, 11) is 0. The van der Waals surface area contributed by atoms with Crippen molar-refractivity contribution in [3.05, 3.63) is 88.3 Å². The molecule has 2 heterocycles. The largest absolute Gasteiger partial charge is 0.457 e. The van der Waals surface area contributed by atoms with Crippen molar-refractivity contribution in [1.29, 1.82) is 0 Å². The maximum absolute atomic E-state index is 12.6. The van der Waals surface area contributed by atoms with Crippen LogP contribution in [0.15, 0.2) is 70.8 Å². The van der Waals surface area contributed by atoms with Gasteiger partial charge in [0.05, 0.1) is 6.54 Å². The second kappa shape index (κ2) is 7.37. The van der Waals surface area contributed by atoms with E-state index in [2.05, 4.69) is 5.32 Å². The molecular formula is C22H17ClN2O3. The van der Waals surface area contributed by atoms with E-state index in [1.165, 1.54) is 11.0 Å². The van der Waals surface area contributed by atoms with Crippen LogP contribution in [0.4, 0.5) is 4.79 Å². The molecule has 0 atom stereocenters. The van der Waals surface area contributed by atoms with E-state index in [9.17, 15) is 9.59 Å². The summed E-state index contributed by atoms with van der Waals surface area (Å²) in [6.07, 6.45) is 1.53. The summed E-state index contributed by atoms with van der Waals surface area (Å²) in [4.78, 5) is 26.0. The zero-order valence-corrected chi connectivity index (χ0v) is 15.9. The number of imide groups is 1. The lowest BCUT2D eigenvalue weighted by atomic mass is 10.1. The fourth-order valence-corrected chi connectivity index (χ4v) is 3.15. The summed E-state index contributed by atoms with van der Waals surface area (Å²) >= 11 is 6.01. The molecule has 4 rings (SSSR count). The highest BCUT2D eigenvalue weighted by Gasteiger charge is 2.33. The van der Waals surface area contributed by atoms with E-state index < -0.39 is 6.03 Å². The molecule has 1 fully saturated rings. The molecule has 5 nitrogen and oxygen atoms in total. The van der Waals surface area contributed by atoms with Crippen molar-refractivity contribution in [2.45, 2.75) is 13.5 Å². The van der Waals surface area contributed by atoms with E-state index in [4.69, 9.17) is 16.0 Å². The molecule has 6 heteroatoms. The number of carbonyl (C=O) groups is 2. The Morgan fingerprint density at radius 1 is 1.07 bits per heavy atom. The lowest BCUT2D eigenvalue weighted by Crippen LogP contribution is -2.30. The van der Waals surface area contributed by atoms with Crippen LogP contribution in [-0.4, -0.2) is 16.8 Å². The van der Waals surface area contributed by atoms with Crippen molar-refractivity contribution in [3.8, 4) is 11.3 Å². The molecule has 1 aliphatic heterocycles. The minimum absolute atomic E-state index is 0.184. The van der Waals surface area contributed by atoms with Gasteiger partial charge in [0.15, 0.2) is 0 Å². The number of hydrogen-bond acceptors (Lipinski definition) is 3. The predicted molar refractivity (Wildman–Crippen MR) is 107 cm³/mol. The van der Waals surface area contributed by atoms with Crippen molar-refractivity contribution < 1.29 is 14.0 Å². The third kappa shape index (κ3) is 3.70. The smallest absolute Gasteiger partial charge is 0.329 e. The minimum Gasteiger partial charge on any atom is -0.457 e. The molecule has 0 radical (unpaired) electrons. The van der Waals surface area contributed by atoms with Gasteiger partial charge in [0.1, 0.15) is 17.2 Å². The van der Waals surface area contributed by atoms with Crippen LogP contribution >= 0.6 is 11.6 Å². The van der Waals surface area contributed by atoms with Gasteiger partial charge in [0.25, 0.3) is 5.91 Å². The van der Waals surface area contributed by atoms with Gasteiger partial charge in [-0.3, -0.25) is 9.69 Å². The number of aryl methyl sites for hydroxylation is 1. The Morgan fingerprint density at radius 3 is 2.61 bits per heavy atom. The molecule has 1 aliphatic rings. The molecule has 0 unspecified atom stereocenters. The Labute approximate surface area is 167 Å². The fourth-order valence-electron chi connectivity index (χ4n) is 2.96. The molecule has 0 bridgehead atoms. The monoisotopic (exact) mass is 392 g/mol. The normalized spacial score (nSPS) is 15.4. The van der Waals surface area contributed by atoms with Crippen molar-refractivity contribution in [3.63, 3.8) is 0 Å². The van der Waals surface area contributed by atoms with Crippen LogP contribution in [0.2, 0.25) is 5.02 Å². The average Bonchev–Trinajstić information content (AvgIpc) is 3.24. The number of nitrogens with zero attached hydrogens (tertiary/aromatic N) is 1. The molecule has 0 spiro atoms. The van der Waals surface area contributed by atoms with Gasteiger partial charge in [-0.2, -0.15) is 0 Å². The SMILES string of the molecule is Cc1ccc(CN2C(=O)N/C(=C/c3ccc(-c4cccc(Cl)c4)o3)C2=O)cc1. The van der Waals surface area contributed by atoms with Crippen LogP contribution in [0.1, 0.15) is 16.9 Å². The number of benzene rings is 2. The Morgan fingerprint density at radius 2 is 1.86 bits per heavy atom. The van der Waals surface area contributed by atoms with Crippen LogP contribution in [0, 0.1) is 6.92 Å². The average molecular weight is 393 g/mol. The molecule has 2 aromatic carbocycles. The van der Waals surface area contributed by atoms with Gasteiger partial charge >= 0.3 is 6.03 Å². The van der Waals surface area contributed by atoms with Gasteiger partial charge < -0.3 is 9.73 Å².